The van der Waals surface area contributed by atoms with Crippen LogP contribution in [0.25, 0.3) is 0 Å². The first kappa shape index (κ1) is 15.1. The van der Waals surface area contributed by atoms with E-state index in [1.165, 1.54) is 0 Å². The zero-order chi connectivity index (χ0) is 14.4. The average Bonchev–Trinajstić information content (AvgIpc) is 2.69. The predicted molar refractivity (Wildman–Crippen MR) is 66.8 cm³/mol. The standard InChI is InChI=1S/C9H10ClN3O5S/c10-6-2-1-5(19-6)4(17-7(11)14)3-13-9(16)18-8(12)15/h1-2,4H,3H2,(H2,11,14)(H2,12,15)(H,13,16). The number of thiophene rings is 1. The molecule has 1 atom stereocenters. The van der Waals surface area contributed by atoms with E-state index in [2.05, 4.69) is 15.8 Å². The van der Waals surface area contributed by atoms with E-state index in [9.17, 15) is 14.4 Å². The number of alkyl carbamates (subject to hydrolysis) is 1. The molecule has 104 valence electrons. The highest BCUT2D eigenvalue weighted by Gasteiger charge is 2.19. The number of rotatable bonds is 4. The highest BCUT2D eigenvalue weighted by atomic mass is 35.5. The molecule has 5 N–H and O–H groups in total. The van der Waals surface area contributed by atoms with Crippen molar-refractivity contribution in [3.63, 3.8) is 0 Å². The molecular formula is C9H10ClN3O5S. The Morgan fingerprint density at radius 2 is 2.00 bits per heavy atom. The maximum Gasteiger partial charge on any atom is 0.416 e. The van der Waals surface area contributed by atoms with E-state index in [0.717, 1.165) is 11.3 Å². The number of ether oxygens (including phenoxy) is 2. The molecule has 0 radical (unpaired) electrons. The number of carbonyl (C=O) groups is 3. The van der Waals surface area contributed by atoms with Crippen molar-refractivity contribution in [1.29, 1.82) is 0 Å². The van der Waals surface area contributed by atoms with Gasteiger partial charge in [0, 0.05) is 4.88 Å². The maximum atomic E-state index is 11.1. The second-order valence-corrected chi connectivity index (χ2v) is 4.90. The van der Waals surface area contributed by atoms with Gasteiger partial charge in [-0.1, -0.05) is 11.6 Å². The fraction of sp³-hybridized carbons (Fsp3) is 0.222. The fourth-order valence-electron chi connectivity index (χ4n) is 1.15. The van der Waals surface area contributed by atoms with E-state index in [1.54, 1.807) is 12.1 Å². The van der Waals surface area contributed by atoms with Gasteiger partial charge in [0.25, 0.3) is 0 Å². The first-order valence-corrected chi connectivity index (χ1v) is 6.04. The van der Waals surface area contributed by atoms with Crippen LogP contribution < -0.4 is 16.8 Å². The Kier molecular flexibility index (Phi) is 5.39. The van der Waals surface area contributed by atoms with E-state index in [0.29, 0.717) is 9.21 Å². The molecule has 0 aliphatic heterocycles. The lowest BCUT2D eigenvalue weighted by molar-refractivity contribution is 0.104. The summed E-state index contributed by atoms with van der Waals surface area (Å²) >= 11 is 6.90. The van der Waals surface area contributed by atoms with Crippen molar-refractivity contribution in [3.05, 3.63) is 21.3 Å². The van der Waals surface area contributed by atoms with Crippen LogP contribution in [0.4, 0.5) is 14.4 Å². The van der Waals surface area contributed by atoms with Crippen LogP contribution >= 0.6 is 22.9 Å². The van der Waals surface area contributed by atoms with Crippen molar-refractivity contribution in [1.82, 2.24) is 5.32 Å². The number of hydrogen-bond acceptors (Lipinski definition) is 6. The van der Waals surface area contributed by atoms with Gasteiger partial charge in [0.15, 0.2) is 6.10 Å². The third-order valence-corrected chi connectivity index (χ3v) is 3.12. The van der Waals surface area contributed by atoms with Gasteiger partial charge in [-0.15, -0.1) is 11.3 Å². The van der Waals surface area contributed by atoms with Crippen LogP contribution in [-0.2, 0) is 9.47 Å². The van der Waals surface area contributed by atoms with Crippen LogP contribution in [0.15, 0.2) is 12.1 Å². The topological polar surface area (TPSA) is 134 Å². The van der Waals surface area contributed by atoms with Crippen molar-refractivity contribution >= 4 is 41.2 Å². The molecule has 0 aliphatic carbocycles. The van der Waals surface area contributed by atoms with Crippen LogP contribution in [0.3, 0.4) is 0 Å². The minimum atomic E-state index is -1.25. The van der Waals surface area contributed by atoms with Crippen LogP contribution in [0.2, 0.25) is 4.34 Å². The second-order valence-electron chi connectivity index (χ2n) is 3.16. The molecule has 1 aromatic rings. The van der Waals surface area contributed by atoms with Crippen LogP contribution in [-0.4, -0.2) is 24.8 Å². The molecule has 1 heterocycles. The van der Waals surface area contributed by atoms with Gasteiger partial charge in [-0.25, -0.2) is 14.4 Å². The van der Waals surface area contributed by atoms with E-state index >= 15 is 0 Å². The van der Waals surface area contributed by atoms with Gasteiger partial charge < -0.3 is 26.3 Å². The van der Waals surface area contributed by atoms with E-state index in [-0.39, 0.29) is 6.54 Å². The van der Waals surface area contributed by atoms with Gasteiger partial charge >= 0.3 is 18.3 Å². The minimum Gasteiger partial charge on any atom is -0.439 e. The molecule has 0 spiro atoms. The highest BCUT2D eigenvalue weighted by Crippen LogP contribution is 2.28. The smallest absolute Gasteiger partial charge is 0.416 e. The number of hydrogen-bond donors (Lipinski definition) is 3. The average molecular weight is 308 g/mol. The van der Waals surface area contributed by atoms with Crippen LogP contribution in [0.1, 0.15) is 11.0 Å². The van der Waals surface area contributed by atoms with E-state index in [4.69, 9.17) is 22.1 Å². The lowest BCUT2D eigenvalue weighted by atomic mass is 10.3. The molecule has 0 fully saturated rings. The number of halogens is 1. The van der Waals surface area contributed by atoms with Crippen molar-refractivity contribution in [2.24, 2.45) is 11.5 Å². The summed E-state index contributed by atoms with van der Waals surface area (Å²) in [6, 6.07) is 3.21. The summed E-state index contributed by atoms with van der Waals surface area (Å²) in [7, 11) is 0. The van der Waals surface area contributed by atoms with Gasteiger partial charge in [-0.05, 0) is 12.1 Å². The van der Waals surface area contributed by atoms with Crippen LogP contribution in [0, 0.1) is 0 Å². The predicted octanol–water partition coefficient (Wildman–Crippen LogP) is 1.34. The van der Waals surface area contributed by atoms with Gasteiger partial charge in [0.05, 0.1) is 10.9 Å². The van der Waals surface area contributed by atoms with E-state index < -0.39 is 24.4 Å². The summed E-state index contributed by atoms with van der Waals surface area (Å²) in [6.07, 6.45) is -4.16. The summed E-state index contributed by atoms with van der Waals surface area (Å²) in [4.78, 5) is 32.7. The Balaban J connectivity index is 2.63. The largest absolute Gasteiger partial charge is 0.439 e. The number of primary amides is 2. The third-order valence-electron chi connectivity index (χ3n) is 1.79. The third kappa shape index (κ3) is 5.44. The normalized spacial score (nSPS) is 11.4. The van der Waals surface area contributed by atoms with Crippen molar-refractivity contribution in [2.75, 3.05) is 6.54 Å². The maximum absolute atomic E-state index is 11.1. The minimum absolute atomic E-state index is 0.147. The molecule has 19 heavy (non-hydrogen) atoms. The summed E-state index contributed by atoms with van der Waals surface area (Å²) in [6.45, 7) is -0.147. The zero-order valence-corrected chi connectivity index (χ0v) is 11.0. The van der Waals surface area contributed by atoms with Crippen molar-refractivity contribution in [3.8, 4) is 0 Å². The Labute approximate surface area is 116 Å². The van der Waals surface area contributed by atoms with E-state index in [1.807, 2.05) is 0 Å². The molecule has 3 amide bonds. The van der Waals surface area contributed by atoms with Crippen molar-refractivity contribution in [2.45, 2.75) is 6.10 Å². The zero-order valence-electron chi connectivity index (χ0n) is 9.42. The monoisotopic (exact) mass is 307 g/mol. The van der Waals surface area contributed by atoms with Crippen LogP contribution in [0.5, 0.6) is 0 Å². The Morgan fingerprint density at radius 1 is 1.32 bits per heavy atom. The molecule has 10 heteroatoms. The molecule has 0 saturated heterocycles. The summed E-state index contributed by atoms with van der Waals surface area (Å²) in [5.41, 5.74) is 9.57. The number of nitrogens with two attached hydrogens (primary N) is 2. The first-order valence-electron chi connectivity index (χ1n) is 4.85. The van der Waals surface area contributed by atoms with Gasteiger partial charge in [0.2, 0.25) is 0 Å². The number of nitrogens with one attached hydrogen (secondary N) is 1. The van der Waals surface area contributed by atoms with Gasteiger partial charge in [0.1, 0.15) is 0 Å². The summed E-state index contributed by atoms with van der Waals surface area (Å²) in [5, 5.41) is 2.20. The molecule has 1 rings (SSSR count). The number of carbonyl (C=O) groups excluding carboxylic acids is 3. The molecule has 1 unspecified atom stereocenters. The molecule has 8 nitrogen and oxygen atoms in total. The molecule has 1 aromatic heterocycles. The second kappa shape index (κ2) is 6.81. The SMILES string of the molecule is NC(=O)OC(=O)NCC(OC(N)=O)c1ccc(Cl)s1. The Bertz CT molecular complexity index is 492. The summed E-state index contributed by atoms with van der Waals surface area (Å²) in [5.74, 6) is 0. The summed E-state index contributed by atoms with van der Waals surface area (Å²) < 4.78 is 9.33. The molecule has 0 aliphatic rings. The fourth-order valence-corrected chi connectivity index (χ4v) is 2.24. The first-order chi connectivity index (χ1) is 8.88. The van der Waals surface area contributed by atoms with Gasteiger partial charge in [-0.3, -0.25) is 0 Å². The number of amides is 3. The molecular weight excluding hydrogens is 298 g/mol. The molecule has 0 saturated carbocycles. The lowest BCUT2D eigenvalue weighted by Gasteiger charge is -2.15. The van der Waals surface area contributed by atoms with Gasteiger partial charge in [-0.2, -0.15) is 0 Å². The van der Waals surface area contributed by atoms with Crippen molar-refractivity contribution < 1.29 is 23.9 Å². The quantitative estimate of drug-likeness (QED) is 0.722. The highest BCUT2D eigenvalue weighted by molar-refractivity contribution is 7.16. The Hall–Kier alpha value is -2.00. The Morgan fingerprint density at radius 3 is 2.47 bits per heavy atom. The molecule has 0 bridgehead atoms. The lowest BCUT2D eigenvalue weighted by Crippen LogP contribution is -2.34. The molecule has 0 aromatic carbocycles.